The van der Waals surface area contributed by atoms with E-state index in [9.17, 15) is 18.4 Å². The van der Waals surface area contributed by atoms with Crippen LogP contribution in [0.25, 0.3) is 0 Å². The molecule has 0 radical (unpaired) electrons. The predicted octanol–water partition coefficient (Wildman–Crippen LogP) is 2.19. The van der Waals surface area contributed by atoms with Crippen LogP contribution < -0.4 is 4.90 Å². The van der Waals surface area contributed by atoms with Crippen LogP contribution in [0.3, 0.4) is 0 Å². The van der Waals surface area contributed by atoms with Gasteiger partial charge in [-0.25, -0.2) is 8.78 Å². The molecule has 0 bridgehead atoms. The number of ketones is 1. The minimum Gasteiger partial charge on any atom is -0.309 e. The van der Waals surface area contributed by atoms with E-state index in [0.717, 1.165) is 11.0 Å². The van der Waals surface area contributed by atoms with Crippen molar-refractivity contribution in [2.75, 3.05) is 11.4 Å². The second-order valence-corrected chi connectivity index (χ2v) is 4.58. The van der Waals surface area contributed by atoms with Crippen molar-refractivity contribution in [3.63, 3.8) is 0 Å². The van der Waals surface area contributed by atoms with E-state index in [1.807, 2.05) is 0 Å². The van der Waals surface area contributed by atoms with E-state index in [0.29, 0.717) is 18.9 Å². The number of hydrogen-bond donors (Lipinski definition) is 0. The first-order valence-electron chi connectivity index (χ1n) is 6.20. The van der Waals surface area contributed by atoms with Crippen LogP contribution in [0, 0.1) is 28.9 Å². The molecule has 1 fully saturated rings. The van der Waals surface area contributed by atoms with Gasteiger partial charge >= 0.3 is 0 Å². The molecule has 0 N–H and O–H groups in total. The number of benzene rings is 1. The first-order valence-corrected chi connectivity index (χ1v) is 6.20. The van der Waals surface area contributed by atoms with Crippen molar-refractivity contribution in [3.8, 4) is 6.07 Å². The molecule has 0 aromatic heterocycles. The van der Waals surface area contributed by atoms with Gasteiger partial charge in [-0.05, 0) is 25.0 Å². The third-order valence-electron chi connectivity index (χ3n) is 3.28. The molecule has 1 aliphatic heterocycles. The van der Waals surface area contributed by atoms with Crippen molar-refractivity contribution in [2.45, 2.75) is 19.3 Å². The molecular formula is C14H12F2N2O2. The number of carbonyl (C=O) groups excluding carboxylic acids is 2. The fraction of sp³-hybridized carbons (Fsp3) is 0.357. The van der Waals surface area contributed by atoms with E-state index >= 15 is 0 Å². The SMILES string of the molecule is N#CCC(=O)C1CCCN(c2ccc(F)cc2F)C1=O. The standard InChI is InChI=1S/C14H12F2N2O2/c15-9-3-4-12(11(16)8-9)18-7-1-2-10(14(18)20)13(19)5-6-17/h3-4,8,10H,1-2,5,7H2. The number of carbonyl (C=O) groups is 2. The Labute approximate surface area is 114 Å². The molecule has 4 nitrogen and oxygen atoms in total. The topological polar surface area (TPSA) is 61.2 Å². The van der Waals surface area contributed by atoms with E-state index in [-0.39, 0.29) is 18.7 Å². The molecule has 2 rings (SSSR count). The first-order chi connectivity index (χ1) is 9.54. The summed E-state index contributed by atoms with van der Waals surface area (Å²) >= 11 is 0. The number of halogens is 2. The number of piperidine rings is 1. The van der Waals surface area contributed by atoms with Crippen molar-refractivity contribution >= 4 is 17.4 Å². The molecule has 1 unspecified atom stereocenters. The van der Waals surface area contributed by atoms with Crippen LogP contribution in [-0.4, -0.2) is 18.2 Å². The molecule has 1 aromatic carbocycles. The predicted molar refractivity (Wildman–Crippen MR) is 66.7 cm³/mol. The summed E-state index contributed by atoms with van der Waals surface area (Å²) in [5, 5.41) is 8.51. The summed E-state index contributed by atoms with van der Waals surface area (Å²) < 4.78 is 26.6. The lowest BCUT2D eigenvalue weighted by molar-refractivity contribution is -0.133. The number of amides is 1. The average Bonchev–Trinajstić information content (AvgIpc) is 2.40. The van der Waals surface area contributed by atoms with Crippen molar-refractivity contribution in [1.29, 1.82) is 5.26 Å². The van der Waals surface area contributed by atoms with Gasteiger partial charge in [-0.2, -0.15) is 5.26 Å². The molecule has 1 amide bonds. The van der Waals surface area contributed by atoms with Crippen LogP contribution in [0.4, 0.5) is 14.5 Å². The van der Waals surface area contributed by atoms with Crippen LogP contribution in [0.15, 0.2) is 18.2 Å². The Morgan fingerprint density at radius 3 is 2.85 bits per heavy atom. The number of nitriles is 1. The fourth-order valence-electron chi connectivity index (χ4n) is 2.31. The maximum Gasteiger partial charge on any atom is 0.237 e. The van der Waals surface area contributed by atoms with Crippen molar-refractivity contribution in [1.82, 2.24) is 0 Å². The number of hydrogen-bond acceptors (Lipinski definition) is 3. The third-order valence-corrected chi connectivity index (χ3v) is 3.28. The van der Waals surface area contributed by atoms with Crippen LogP contribution in [0.2, 0.25) is 0 Å². The van der Waals surface area contributed by atoms with E-state index in [2.05, 4.69) is 0 Å². The van der Waals surface area contributed by atoms with Crippen molar-refractivity contribution in [3.05, 3.63) is 29.8 Å². The molecule has 6 heteroatoms. The lowest BCUT2D eigenvalue weighted by Gasteiger charge is -2.31. The molecule has 1 heterocycles. The van der Waals surface area contributed by atoms with Crippen LogP contribution in [0.1, 0.15) is 19.3 Å². The highest BCUT2D eigenvalue weighted by Crippen LogP contribution is 2.28. The summed E-state index contributed by atoms with van der Waals surface area (Å²) in [5.41, 5.74) is -0.0362. The Kier molecular flexibility index (Phi) is 4.08. The zero-order valence-electron chi connectivity index (χ0n) is 10.6. The zero-order valence-corrected chi connectivity index (χ0v) is 10.6. The Bertz CT molecular complexity index is 595. The summed E-state index contributed by atoms with van der Waals surface area (Å²) in [6.45, 7) is 0.276. The van der Waals surface area contributed by atoms with E-state index in [1.54, 1.807) is 6.07 Å². The molecule has 1 saturated heterocycles. The number of rotatable bonds is 3. The Hall–Kier alpha value is -2.29. The van der Waals surface area contributed by atoms with Gasteiger partial charge in [0.05, 0.1) is 24.1 Å². The molecule has 1 atom stereocenters. The Morgan fingerprint density at radius 1 is 1.45 bits per heavy atom. The van der Waals surface area contributed by atoms with Gasteiger partial charge in [0.2, 0.25) is 5.91 Å². The van der Waals surface area contributed by atoms with Gasteiger partial charge < -0.3 is 4.90 Å². The molecule has 104 valence electrons. The average molecular weight is 278 g/mol. The van der Waals surface area contributed by atoms with E-state index in [1.165, 1.54) is 6.07 Å². The Morgan fingerprint density at radius 2 is 2.20 bits per heavy atom. The first kappa shape index (κ1) is 14.1. The number of anilines is 1. The van der Waals surface area contributed by atoms with Gasteiger partial charge in [-0.1, -0.05) is 0 Å². The minimum atomic E-state index is -0.909. The maximum absolute atomic E-state index is 13.7. The number of Topliss-reactive ketones (excluding diaryl/α,β-unsaturated/α-hetero) is 1. The molecule has 20 heavy (non-hydrogen) atoms. The smallest absolute Gasteiger partial charge is 0.237 e. The largest absolute Gasteiger partial charge is 0.309 e. The molecule has 1 aromatic rings. The lowest BCUT2D eigenvalue weighted by atomic mass is 9.91. The van der Waals surface area contributed by atoms with Crippen molar-refractivity contribution in [2.24, 2.45) is 5.92 Å². The molecule has 0 saturated carbocycles. The fourth-order valence-corrected chi connectivity index (χ4v) is 2.31. The quantitative estimate of drug-likeness (QED) is 0.796. The highest BCUT2D eigenvalue weighted by atomic mass is 19.1. The summed E-state index contributed by atoms with van der Waals surface area (Å²) in [6.07, 6.45) is 0.555. The highest BCUT2D eigenvalue weighted by molar-refractivity contribution is 6.09. The second-order valence-electron chi connectivity index (χ2n) is 4.58. The van der Waals surface area contributed by atoms with Crippen LogP contribution in [-0.2, 0) is 9.59 Å². The molecular weight excluding hydrogens is 266 g/mol. The van der Waals surface area contributed by atoms with Gasteiger partial charge in [0.25, 0.3) is 0 Å². The normalized spacial score (nSPS) is 18.8. The van der Waals surface area contributed by atoms with Gasteiger partial charge in [-0.15, -0.1) is 0 Å². The number of nitrogens with zero attached hydrogens (tertiary/aromatic N) is 2. The van der Waals surface area contributed by atoms with Crippen LogP contribution in [0.5, 0.6) is 0 Å². The lowest BCUT2D eigenvalue weighted by Crippen LogP contribution is -2.44. The summed E-state index contributed by atoms with van der Waals surface area (Å²) in [7, 11) is 0. The summed E-state index contributed by atoms with van der Waals surface area (Å²) in [6, 6.07) is 4.65. The van der Waals surface area contributed by atoms with Gasteiger partial charge in [0.15, 0.2) is 5.78 Å². The van der Waals surface area contributed by atoms with Crippen LogP contribution >= 0.6 is 0 Å². The van der Waals surface area contributed by atoms with Gasteiger partial charge in [-0.3, -0.25) is 9.59 Å². The van der Waals surface area contributed by atoms with Gasteiger partial charge in [0, 0.05) is 12.6 Å². The monoisotopic (exact) mass is 278 g/mol. The summed E-state index contributed by atoms with van der Waals surface area (Å²) in [5.74, 6) is -3.46. The second kappa shape index (κ2) is 5.78. The molecule has 0 spiro atoms. The van der Waals surface area contributed by atoms with E-state index in [4.69, 9.17) is 5.26 Å². The minimum absolute atomic E-state index is 0.0362. The van der Waals surface area contributed by atoms with Crippen molar-refractivity contribution < 1.29 is 18.4 Å². The third kappa shape index (κ3) is 2.67. The molecule has 1 aliphatic rings. The zero-order chi connectivity index (χ0) is 14.7. The Balaban J connectivity index is 2.26. The summed E-state index contributed by atoms with van der Waals surface area (Å²) in [4.78, 5) is 25.1. The maximum atomic E-state index is 13.7. The molecule has 0 aliphatic carbocycles. The van der Waals surface area contributed by atoms with E-state index < -0.39 is 29.2 Å². The highest BCUT2D eigenvalue weighted by Gasteiger charge is 2.35. The van der Waals surface area contributed by atoms with Gasteiger partial charge in [0.1, 0.15) is 11.6 Å².